The summed E-state index contributed by atoms with van der Waals surface area (Å²) in [5.41, 5.74) is 0. The van der Waals surface area contributed by atoms with Gasteiger partial charge in [0.2, 0.25) is 0 Å². The van der Waals surface area contributed by atoms with Crippen molar-refractivity contribution < 1.29 is 0 Å². The van der Waals surface area contributed by atoms with Crippen LogP contribution in [0.3, 0.4) is 0 Å². The third kappa shape index (κ3) is 4.00. The van der Waals surface area contributed by atoms with E-state index in [1.54, 1.807) is 6.42 Å². The largest absolute Gasteiger partial charge is 0.0625 e. The lowest BCUT2D eigenvalue weighted by Crippen LogP contribution is -2.22. The molecule has 0 aromatic heterocycles. The average Bonchev–Trinajstić information content (AvgIpc) is 2.33. The molecule has 2 aliphatic carbocycles. The molecule has 2 fully saturated rings. The lowest BCUT2D eigenvalue weighted by atomic mass is 9.71. The predicted octanol–water partition coefficient (Wildman–Crippen LogP) is 5.67. The molecular weight excluding hydrogens is 204 g/mol. The molecular formula is C17H32. The molecule has 0 nitrogen and oxygen atoms in total. The highest BCUT2D eigenvalue weighted by Crippen LogP contribution is 2.39. The fourth-order valence-corrected chi connectivity index (χ4v) is 4.13. The van der Waals surface area contributed by atoms with Gasteiger partial charge < -0.3 is 0 Å². The highest BCUT2D eigenvalue weighted by molar-refractivity contribution is 4.78. The van der Waals surface area contributed by atoms with Crippen molar-refractivity contribution in [3.05, 3.63) is 0 Å². The third-order valence-corrected chi connectivity index (χ3v) is 5.64. The molecule has 0 heteroatoms. The van der Waals surface area contributed by atoms with Crippen LogP contribution in [-0.4, -0.2) is 0 Å². The Balaban J connectivity index is 1.67. The summed E-state index contributed by atoms with van der Waals surface area (Å²) in [6.45, 7) is 7.26. The maximum absolute atomic E-state index is 2.43. The van der Waals surface area contributed by atoms with E-state index in [2.05, 4.69) is 20.8 Å². The Morgan fingerprint density at radius 1 is 0.765 bits per heavy atom. The minimum absolute atomic E-state index is 0.923. The van der Waals surface area contributed by atoms with Crippen molar-refractivity contribution in [1.29, 1.82) is 0 Å². The molecule has 0 saturated heterocycles. The Labute approximate surface area is 109 Å². The highest BCUT2D eigenvalue weighted by atomic mass is 14.3. The van der Waals surface area contributed by atoms with E-state index in [1.165, 1.54) is 51.4 Å². The predicted molar refractivity (Wildman–Crippen MR) is 76.0 cm³/mol. The lowest BCUT2D eigenvalue weighted by molar-refractivity contribution is 0.176. The molecule has 2 saturated carbocycles. The van der Waals surface area contributed by atoms with Crippen molar-refractivity contribution in [2.75, 3.05) is 0 Å². The van der Waals surface area contributed by atoms with Crippen molar-refractivity contribution in [2.45, 2.75) is 78.6 Å². The first-order valence-electron chi connectivity index (χ1n) is 8.15. The molecule has 0 unspecified atom stereocenters. The molecule has 0 atom stereocenters. The van der Waals surface area contributed by atoms with Gasteiger partial charge in [0, 0.05) is 0 Å². The van der Waals surface area contributed by atoms with Crippen LogP contribution in [0.2, 0.25) is 0 Å². The molecule has 0 aliphatic heterocycles. The average molecular weight is 236 g/mol. The van der Waals surface area contributed by atoms with E-state index in [0.717, 1.165) is 29.6 Å². The normalized spacial score (nSPS) is 39.5. The maximum Gasteiger partial charge on any atom is -0.0391 e. The SMILES string of the molecule is CC1CCC(CC2CCC(C(C)C)CC2)CC1. The van der Waals surface area contributed by atoms with E-state index >= 15 is 0 Å². The summed E-state index contributed by atoms with van der Waals surface area (Å²) in [5.74, 6) is 5.15. The smallest absolute Gasteiger partial charge is 0.0391 e. The van der Waals surface area contributed by atoms with Crippen LogP contribution in [0.15, 0.2) is 0 Å². The molecule has 17 heavy (non-hydrogen) atoms. The second kappa shape index (κ2) is 6.25. The first kappa shape index (κ1) is 13.4. The first-order valence-corrected chi connectivity index (χ1v) is 8.15. The Hall–Kier alpha value is 0. The zero-order chi connectivity index (χ0) is 12.3. The van der Waals surface area contributed by atoms with Gasteiger partial charge in [-0.1, -0.05) is 59.3 Å². The topological polar surface area (TPSA) is 0 Å². The molecule has 0 aromatic rings. The zero-order valence-corrected chi connectivity index (χ0v) is 12.3. The lowest BCUT2D eigenvalue weighted by Gasteiger charge is -2.34. The van der Waals surface area contributed by atoms with Crippen molar-refractivity contribution >= 4 is 0 Å². The maximum atomic E-state index is 2.43. The molecule has 100 valence electrons. The van der Waals surface area contributed by atoms with Gasteiger partial charge in [-0.2, -0.15) is 0 Å². The summed E-state index contributed by atoms with van der Waals surface area (Å²) >= 11 is 0. The fourth-order valence-electron chi connectivity index (χ4n) is 4.13. The van der Waals surface area contributed by atoms with E-state index < -0.39 is 0 Å². The van der Waals surface area contributed by atoms with E-state index in [4.69, 9.17) is 0 Å². The summed E-state index contributed by atoms with van der Waals surface area (Å²) < 4.78 is 0. The molecule has 0 bridgehead atoms. The summed E-state index contributed by atoms with van der Waals surface area (Å²) in [5, 5.41) is 0. The second-order valence-corrected chi connectivity index (χ2v) is 7.39. The van der Waals surface area contributed by atoms with Crippen LogP contribution < -0.4 is 0 Å². The Kier molecular flexibility index (Phi) is 4.94. The molecule has 0 amide bonds. The quantitative estimate of drug-likeness (QED) is 0.592. The summed E-state index contributed by atoms with van der Waals surface area (Å²) in [4.78, 5) is 0. The minimum atomic E-state index is 0.923. The van der Waals surface area contributed by atoms with E-state index in [0.29, 0.717) is 0 Å². The molecule has 0 radical (unpaired) electrons. The molecule has 2 rings (SSSR count). The van der Waals surface area contributed by atoms with E-state index in [1.807, 2.05) is 0 Å². The van der Waals surface area contributed by atoms with Crippen molar-refractivity contribution in [3.8, 4) is 0 Å². The van der Waals surface area contributed by atoms with Crippen molar-refractivity contribution in [2.24, 2.45) is 29.6 Å². The number of hydrogen-bond donors (Lipinski definition) is 0. The van der Waals surface area contributed by atoms with Gasteiger partial charge in [0.15, 0.2) is 0 Å². The van der Waals surface area contributed by atoms with Gasteiger partial charge in [0.25, 0.3) is 0 Å². The number of rotatable bonds is 3. The molecule has 0 heterocycles. The van der Waals surface area contributed by atoms with Crippen molar-refractivity contribution in [3.63, 3.8) is 0 Å². The molecule has 0 spiro atoms. The Bertz CT molecular complexity index is 202. The summed E-state index contributed by atoms with van der Waals surface area (Å²) in [6.07, 6.45) is 13.8. The highest BCUT2D eigenvalue weighted by Gasteiger charge is 2.26. The van der Waals surface area contributed by atoms with Gasteiger partial charge in [-0.15, -0.1) is 0 Å². The van der Waals surface area contributed by atoms with Crippen LogP contribution in [0.4, 0.5) is 0 Å². The van der Waals surface area contributed by atoms with Gasteiger partial charge in [-0.05, 0) is 48.9 Å². The molecule has 2 aliphatic rings. The van der Waals surface area contributed by atoms with Gasteiger partial charge in [0.05, 0.1) is 0 Å². The standard InChI is InChI=1S/C17H32/c1-13(2)17-10-8-16(9-11-17)12-15-6-4-14(3)5-7-15/h13-17H,4-12H2,1-3H3. The minimum Gasteiger partial charge on any atom is -0.0625 e. The van der Waals surface area contributed by atoms with Crippen LogP contribution in [-0.2, 0) is 0 Å². The van der Waals surface area contributed by atoms with Gasteiger partial charge in [0.1, 0.15) is 0 Å². The summed E-state index contributed by atoms with van der Waals surface area (Å²) in [6, 6.07) is 0. The van der Waals surface area contributed by atoms with Crippen LogP contribution >= 0.6 is 0 Å². The second-order valence-electron chi connectivity index (χ2n) is 7.39. The summed E-state index contributed by atoms with van der Waals surface area (Å²) in [7, 11) is 0. The fraction of sp³-hybridized carbons (Fsp3) is 1.00. The Morgan fingerprint density at radius 2 is 1.24 bits per heavy atom. The van der Waals surface area contributed by atoms with Gasteiger partial charge in [-0.25, -0.2) is 0 Å². The molecule has 0 N–H and O–H groups in total. The van der Waals surface area contributed by atoms with Crippen LogP contribution in [0.25, 0.3) is 0 Å². The van der Waals surface area contributed by atoms with Gasteiger partial charge >= 0.3 is 0 Å². The van der Waals surface area contributed by atoms with Crippen molar-refractivity contribution in [1.82, 2.24) is 0 Å². The first-order chi connectivity index (χ1) is 8.15. The van der Waals surface area contributed by atoms with Crippen LogP contribution in [0.1, 0.15) is 78.6 Å². The van der Waals surface area contributed by atoms with Crippen LogP contribution in [0.5, 0.6) is 0 Å². The third-order valence-electron chi connectivity index (χ3n) is 5.64. The van der Waals surface area contributed by atoms with Gasteiger partial charge in [-0.3, -0.25) is 0 Å². The molecule has 0 aromatic carbocycles. The van der Waals surface area contributed by atoms with E-state index in [-0.39, 0.29) is 0 Å². The number of hydrogen-bond acceptors (Lipinski definition) is 0. The monoisotopic (exact) mass is 236 g/mol. The van der Waals surface area contributed by atoms with E-state index in [9.17, 15) is 0 Å². The zero-order valence-electron chi connectivity index (χ0n) is 12.3. The Morgan fingerprint density at radius 3 is 1.71 bits per heavy atom. The van der Waals surface area contributed by atoms with Crippen LogP contribution in [0, 0.1) is 29.6 Å².